The molecule has 1 aliphatic rings. The zero-order valence-electron chi connectivity index (χ0n) is 14.1. The molecule has 22 heavy (non-hydrogen) atoms. The summed E-state index contributed by atoms with van der Waals surface area (Å²) in [5.41, 5.74) is 0. The van der Waals surface area contributed by atoms with E-state index in [1.54, 1.807) is 6.20 Å². The lowest BCUT2D eigenvalue weighted by atomic mass is 9.85. The highest BCUT2D eigenvalue weighted by Crippen LogP contribution is 2.22. The molecule has 1 amide bonds. The number of imidazole rings is 1. The third kappa shape index (κ3) is 5.13. The Hall–Kier alpha value is -1.36. The summed E-state index contributed by atoms with van der Waals surface area (Å²) >= 11 is 0. The van der Waals surface area contributed by atoms with Gasteiger partial charge in [-0.25, -0.2) is 4.98 Å². The lowest BCUT2D eigenvalue weighted by Crippen LogP contribution is -2.35. The Labute approximate surface area is 133 Å². The summed E-state index contributed by atoms with van der Waals surface area (Å²) in [5.74, 6) is 2.71. The minimum absolute atomic E-state index is 0.136. The van der Waals surface area contributed by atoms with Gasteiger partial charge in [-0.1, -0.05) is 20.8 Å². The van der Waals surface area contributed by atoms with E-state index >= 15 is 0 Å². The van der Waals surface area contributed by atoms with Crippen LogP contribution in [0.15, 0.2) is 12.4 Å². The first kappa shape index (κ1) is 17.0. The van der Waals surface area contributed by atoms with Gasteiger partial charge in [0.15, 0.2) is 0 Å². The molecule has 2 unspecified atom stereocenters. The Morgan fingerprint density at radius 2 is 2.32 bits per heavy atom. The molecule has 2 heterocycles. The van der Waals surface area contributed by atoms with Crippen LogP contribution in [0.2, 0.25) is 0 Å². The van der Waals surface area contributed by atoms with Crippen molar-refractivity contribution in [2.24, 2.45) is 17.8 Å². The number of hydrogen-bond acceptors (Lipinski definition) is 3. The van der Waals surface area contributed by atoms with E-state index < -0.39 is 0 Å². The van der Waals surface area contributed by atoms with Crippen molar-refractivity contribution >= 4 is 5.91 Å². The average molecular weight is 306 g/mol. The first-order valence-corrected chi connectivity index (χ1v) is 8.53. The third-order valence-electron chi connectivity index (χ3n) is 4.45. The summed E-state index contributed by atoms with van der Waals surface area (Å²) in [4.78, 5) is 16.5. The molecule has 124 valence electrons. The Kier molecular flexibility index (Phi) is 6.43. The molecule has 2 atom stereocenters. The molecule has 5 heteroatoms. The fourth-order valence-corrected chi connectivity index (χ4v) is 3.14. The van der Waals surface area contributed by atoms with Crippen LogP contribution in [-0.2, 0) is 17.9 Å². The van der Waals surface area contributed by atoms with Gasteiger partial charge in [0.2, 0.25) is 5.91 Å². The van der Waals surface area contributed by atoms with Gasteiger partial charge in [0.25, 0.3) is 0 Å². The van der Waals surface area contributed by atoms with Gasteiger partial charge in [-0.3, -0.25) is 4.79 Å². The van der Waals surface area contributed by atoms with Crippen LogP contribution in [0.25, 0.3) is 0 Å². The van der Waals surface area contributed by atoms with Crippen LogP contribution in [0.4, 0.5) is 0 Å². The fraction of sp³-hybridized carbons (Fsp3) is 0.765. The molecule has 1 aromatic heterocycles. The predicted molar refractivity (Wildman–Crippen MR) is 88.3 cm³/mol. The first-order valence-electron chi connectivity index (χ1n) is 8.53. The molecule has 0 aliphatic carbocycles. The molecule has 1 aliphatic heterocycles. The highest BCUT2D eigenvalue weighted by Gasteiger charge is 2.22. The molecule has 2 N–H and O–H groups in total. The van der Waals surface area contributed by atoms with E-state index in [0.717, 1.165) is 25.5 Å². The third-order valence-corrected chi connectivity index (χ3v) is 4.45. The zero-order valence-corrected chi connectivity index (χ0v) is 14.1. The number of rotatable bonds is 7. The summed E-state index contributed by atoms with van der Waals surface area (Å²) in [7, 11) is 0. The summed E-state index contributed by atoms with van der Waals surface area (Å²) in [6.45, 7) is 10.2. The van der Waals surface area contributed by atoms with Crippen LogP contribution in [0.3, 0.4) is 0 Å². The number of nitrogens with one attached hydrogen (secondary N) is 2. The quantitative estimate of drug-likeness (QED) is 0.812. The van der Waals surface area contributed by atoms with Gasteiger partial charge in [-0.05, 0) is 43.7 Å². The Balaban J connectivity index is 1.76. The number of aromatic nitrogens is 2. The number of hydrogen-bond donors (Lipinski definition) is 2. The van der Waals surface area contributed by atoms with Crippen molar-refractivity contribution in [3.05, 3.63) is 18.2 Å². The first-order chi connectivity index (χ1) is 10.6. The number of carbonyl (C=O) groups is 1. The van der Waals surface area contributed by atoms with E-state index in [1.165, 1.54) is 12.8 Å². The molecule has 5 nitrogen and oxygen atoms in total. The summed E-state index contributed by atoms with van der Waals surface area (Å²) < 4.78 is 2.12. The molecular weight excluding hydrogens is 276 g/mol. The zero-order chi connectivity index (χ0) is 15.9. The van der Waals surface area contributed by atoms with E-state index in [4.69, 9.17) is 0 Å². The van der Waals surface area contributed by atoms with Gasteiger partial charge < -0.3 is 15.2 Å². The van der Waals surface area contributed by atoms with Crippen molar-refractivity contribution in [3.8, 4) is 0 Å². The van der Waals surface area contributed by atoms with E-state index in [0.29, 0.717) is 30.7 Å². The minimum Gasteiger partial charge on any atom is -0.349 e. The van der Waals surface area contributed by atoms with E-state index in [2.05, 4.69) is 41.0 Å². The topological polar surface area (TPSA) is 59.0 Å². The molecule has 0 spiro atoms. The smallest absolute Gasteiger partial charge is 0.220 e. The monoisotopic (exact) mass is 306 g/mol. The second-order valence-corrected chi connectivity index (χ2v) is 6.95. The Morgan fingerprint density at radius 3 is 3.00 bits per heavy atom. The molecule has 0 bridgehead atoms. The van der Waals surface area contributed by atoms with Crippen molar-refractivity contribution in [2.75, 3.05) is 13.1 Å². The molecular formula is C17H30N4O. The Morgan fingerprint density at radius 1 is 1.50 bits per heavy atom. The molecule has 0 saturated carbocycles. The maximum Gasteiger partial charge on any atom is 0.220 e. The van der Waals surface area contributed by atoms with Gasteiger partial charge >= 0.3 is 0 Å². The van der Waals surface area contributed by atoms with Gasteiger partial charge in [0.1, 0.15) is 5.82 Å². The van der Waals surface area contributed by atoms with Crippen LogP contribution < -0.4 is 10.6 Å². The standard InChI is InChI=1S/C17H30N4O/c1-13(2)12-21-8-7-19-16(21)11-20-17(22)9-14(3)15-5-4-6-18-10-15/h7-8,13-15,18H,4-6,9-12H2,1-3H3,(H,20,22). The fourth-order valence-electron chi connectivity index (χ4n) is 3.14. The highest BCUT2D eigenvalue weighted by atomic mass is 16.1. The number of amides is 1. The molecule has 0 aromatic carbocycles. The van der Waals surface area contributed by atoms with Crippen molar-refractivity contribution < 1.29 is 4.79 Å². The SMILES string of the molecule is CC(C)Cn1ccnc1CNC(=O)CC(C)C1CCCNC1. The Bertz CT molecular complexity index is 463. The van der Waals surface area contributed by atoms with Crippen LogP contribution in [0.5, 0.6) is 0 Å². The van der Waals surface area contributed by atoms with E-state index in [9.17, 15) is 4.79 Å². The van der Waals surface area contributed by atoms with Gasteiger partial charge in [-0.15, -0.1) is 0 Å². The molecule has 1 saturated heterocycles. The molecule has 0 radical (unpaired) electrons. The van der Waals surface area contributed by atoms with Crippen molar-refractivity contribution in [2.45, 2.75) is 53.1 Å². The number of carbonyl (C=O) groups excluding carboxylic acids is 1. The van der Waals surface area contributed by atoms with Crippen LogP contribution in [-0.4, -0.2) is 28.5 Å². The van der Waals surface area contributed by atoms with Gasteiger partial charge in [0.05, 0.1) is 6.54 Å². The number of nitrogens with zero attached hydrogens (tertiary/aromatic N) is 2. The van der Waals surface area contributed by atoms with Crippen LogP contribution >= 0.6 is 0 Å². The van der Waals surface area contributed by atoms with Crippen molar-refractivity contribution in [3.63, 3.8) is 0 Å². The minimum atomic E-state index is 0.136. The molecule has 2 rings (SSSR count). The second-order valence-electron chi connectivity index (χ2n) is 6.95. The summed E-state index contributed by atoms with van der Waals surface area (Å²) in [5, 5.41) is 6.45. The summed E-state index contributed by atoms with van der Waals surface area (Å²) in [6, 6.07) is 0. The van der Waals surface area contributed by atoms with E-state index in [-0.39, 0.29) is 5.91 Å². The summed E-state index contributed by atoms with van der Waals surface area (Å²) in [6.07, 6.45) is 6.86. The normalized spacial score (nSPS) is 20.1. The number of piperidine rings is 1. The van der Waals surface area contributed by atoms with Gasteiger partial charge in [-0.2, -0.15) is 0 Å². The van der Waals surface area contributed by atoms with Crippen LogP contribution in [0.1, 0.15) is 45.9 Å². The predicted octanol–water partition coefficient (Wildman–Crippen LogP) is 2.18. The van der Waals surface area contributed by atoms with Crippen molar-refractivity contribution in [1.29, 1.82) is 0 Å². The molecule has 1 fully saturated rings. The van der Waals surface area contributed by atoms with Gasteiger partial charge in [0, 0.05) is 25.4 Å². The van der Waals surface area contributed by atoms with E-state index in [1.807, 2.05) is 6.20 Å². The van der Waals surface area contributed by atoms with Crippen molar-refractivity contribution in [1.82, 2.24) is 20.2 Å². The maximum atomic E-state index is 12.2. The van der Waals surface area contributed by atoms with Crippen LogP contribution in [0, 0.1) is 17.8 Å². The molecule has 1 aromatic rings. The highest BCUT2D eigenvalue weighted by molar-refractivity contribution is 5.76. The second kappa shape index (κ2) is 8.32. The lowest BCUT2D eigenvalue weighted by molar-refractivity contribution is -0.122. The average Bonchev–Trinajstić information content (AvgIpc) is 2.92. The maximum absolute atomic E-state index is 12.2. The lowest BCUT2D eigenvalue weighted by Gasteiger charge is -2.28. The largest absolute Gasteiger partial charge is 0.349 e.